The second kappa shape index (κ2) is 4.95. The molecule has 0 radical (unpaired) electrons. The highest BCUT2D eigenvalue weighted by Crippen LogP contribution is 2.24. The number of methoxy groups -OCH3 is 1. The van der Waals surface area contributed by atoms with Gasteiger partial charge in [-0.3, -0.25) is 4.79 Å². The van der Waals surface area contributed by atoms with Gasteiger partial charge in [0.15, 0.2) is 0 Å². The Morgan fingerprint density at radius 1 is 1.53 bits per heavy atom. The Labute approximate surface area is 100 Å². The van der Waals surface area contributed by atoms with E-state index in [0.717, 1.165) is 18.5 Å². The highest BCUT2D eigenvalue weighted by Gasteiger charge is 2.22. The van der Waals surface area contributed by atoms with E-state index >= 15 is 0 Å². The van der Waals surface area contributed by atoms with Gasteiger partial charge in [0.2, 0.25) is 5.91 Å². The van der Waals surface area contributed by atoms with Gasteiger partial charge >= 0.3 is 0 Å². The zero-order valence-electron chi connectivity index (χ0n) is 9.82. The Morgan fingerprint density at radius 2 is 2.29 bits per heavy atom. The summed E-state index contributed by atoms with van der Waals surface area (Å²) in [5.41, 5.74) is 7.10. The maximum absolute atomic E-state index is 11.5. The molecule has 0 aliphatic heterocycles. The number of nitrogen functional groups attached to an aromatic ring is 1. The molecule has 0 atom stereocenters. The molecule has 0 saturated heterocycles. The normalized spacial score (nSPS) is 14.2. The van der Waals surface area contributed by atoms with Crippen LogP contribution in [0.15, 0.2) is 18.2 Å². The average Bonchev–Trinajstić information content (AvgIpc) is 3.12. The SMILES string of the molecule is COc1cc(NCC(=O)NC2CC2)ccc1N. The molecule has 1 aromatic carbocycles. The number of carbonyl (C=O) groups excluding carboxylic acids is 1. The minimum atomic E-state index is 0.0169. The van der Waals surface area contributed by atoms with Gasteiger partial charge < -0.3 is 21.1 Å². The van der Waals surface area contributed by atoms with E-state index in [4.69, 9.17) is 10.5 Å². The Morgan fingerprint density at radius 3 is 2.94 bits per heavy atom. The molecule has 1 amide bonds. The van der Waals surface area contributed by atoms with Gasteiger partial charge in [0.25, 0.3) is 0 Å². The summed E-state index contributed by atoms with van der Waals surface area (Å²) in [6, 6.07) is 5.74. The van der Waals surface area contributed by atoms with E-state index < -0.39 is 0 Å². The average molecular weight is 235 g/mol. The van der Waals surface area contributed by atoms with Gasteiger partial charge in [-0.1, -0.05) is 0 Å². The zero-order valence-corrected chi connectivity index (χ0v) is 9.82. The molecular formula is C12H17N3O2. The molecule has 2 rings (SSSR count). The van der Waals surface area contributed by atoms with Gasteiger partial charge in [-0.05, 0) is 25.0 Å². The summed E-state index contributed by atoms with van der Waals surface area (Å²) >= 11 is 0. The number of anilines is 2. The number of hydrogen-bond acceptors (Lipinski definition) is 4. The van der Waals surface area contributed by atoms with Crippen molar-refractivity contribution in [3.63, 3.8) is 0 Å². The smallest absolute Gasteiger partial charge is 0.239 e. The third-order valence-corrected chi connectivity index (χ3v) is 2.63. The minimum absolute atomic E-state index is 0.0169. The quantitative estimate of drug-likeness (QED) is 0.665. The summed E-state index contributed by atoms with van der Waals surface area (Å²) < 4.78 is 5.10. The number of benzene rings is 1. The van der Waals surface area contributed by atoms with E-state index in [-0.39, 0.29) is 12.5 Å². The van der Waals surface area contributed by atoms with Gasteiger partial charge in [0.1, 0.15) is 5.75 Å². The van der Waals surface area contributed by atoms with Crippen molar-refractivity contribution < 1.29 is 9.53 Å². The van der Waals surface area contributed by atoms with Gasteiger partial charge in [-0.15, -0.1) is 0 Å². The Hall–Kier alpha value is -1.91. The van der Waals surface area contributed by atoms with E-state index in [2.05, 4.69) is 10.6 Å². The first kappa shape index (κ1) is 11.6. The van der Waals surface area contributed by atoms with E-state index in [9.17, 15) is 4.79 Å². The molecule has 0 bridgehead atoms. The number of ether oxygens (including phenoxy) is 1. The number of rotatable bonds is 5. The Balaban J connectivity index is 1.87. The van der Waals surface area contributed by atoms with Crippen LogP contribution in [-0.4, -0.2) is 25.6 Å². The molecule has 0 unspecified atom stereocenters. The number of hydrogen-bond donors (Lipinski definition) is 3. The molecule has 1 aliphatic carbocycles. The van der Waals surface area contributed by atoms with Crippen molar-refractivity contribution >= 4 is 17.3 Å². The van der Waals surface area contributed by atoms with Gasteiger partial charge in [0, 0.05) is 17.8 Å². The van der Waals surface area contributed by atoms with Crippen molar-refractivity contribution in [3.05, 3.63) is 18.2 Å². The predicted octanol–water partition coefficient (Wildman–Crippen LogP) is 0.968. The lowest BCUT2D eigenvalue weighted by atomic mass is 10.2. The molecule has 4 N–H and O–H groups in total. The number of nitrogens with one attached hydrogen (secondary N) is 2. The van der Waals surface area contributed by atoms with Crippen LogP contribution in [0.4, 0.5) is 11.4 Å². The van der Waals surface area contributed by atoms with Crippen molar-refractivity contribution in [2.24, 2.45) is 0 Å². The standard InChI is InChI=1S/C12H17N3O2/c1-17-11-6-9(4-5-10(11)13)14-7-12(16)15-8-2-3-8/h4-6,8,14H,2-3,7,13H2,1H3,(H,15,16). The number of nitrogens with two attached hydrogens (primary N) is 1. The van der Waals surface area contributed by atoms with Crippen LogP contribution in [0.1, 0.15) is 12.8 Å². The molecule has 5 heteroatoms. The highest BCUT2D eigenvalue weighted by atomic mass is 16.5. The lowest BCUT2D eigenvalue weighted by Crippen LogP contribution is -2.31. The van der Waals surface area contributed by atoms with Crippen molar-refractivity contribution in [1.29, 1.82) is 0 Å². The molecule has 0 aromatic heterocycles. The lowest BCUT2D eigenvalue weighted by molar-refractivity contribution is -0.119. The summed E-state index contributed by atoms with van der Waals surface area (Å²) in [7, 11) is 1.56. The van der Waals surface area contributed by atoms with E-state index in [1.165, 1.54) is 0 Å². The van der Waals surface area contributed by atoms with Crippen molar-refractivity contribution in [3.8, 4) is 5.75 Å². The van der Waals surface area contributed by atoms with Crippen LogP contribution >= 0.6 is 0 Å². The van der Waals surface area contributed by atoms with Gasteiger partial charge in [0.05, 0.1) is 19.3 Å². The van der Waals surface area contributed by atoms with Crippen LogP contribution in [0.2, 0.25) is 0 Å². The van der Waals surface area contributed by atoms with Gasteiger partial charge in [-0.25, -0.2) is 0 Å². The first-order chi connectivity index (χ1) is 8.19. The third kappa shape index (κ3) is 3.27. The zero-order chi connectivity index (χ0) is 12.3. The summed E-state index contributed by atoms with van der Waals surface area (Å²) in [5, 5.41) is 5.94. The van der Waals surface area contributed by atoms with E-state index in [1.54, 1.807) is 19.2 Å². The molecule has 17 heavy (non-hydrogen) atoms. The molecule has 0 spiro atoms. The van der Waals surface area contributed by atoms with Crippen molar-refractivity contribution in [2.75, 3.05) is 24.7 Å². The van der Waals surface area contributed by atoms with Crippen LogP contribution in [-0.2, 0) is 4.79 Å². The van der Waals surface area contributed by atoms with Gasteiger partial charge in [-0.2, -0.15) is 0 Å². The lowest BCUT2D eigenvalue weighted by Gasteiger charge is -2.09. The van der Waals surface area contributed by atoms with Crippen LogP contribution in [0, 0.1) is 0 Å². The largest absolute Gasteiger partial charge is 0.495 e. The Kier molecular flexibility index (Phi) is 3.37. The van der Waals surface area contributed by atoms with Crippen molar-refractivity contribution in [2.45, 2.75) is 18.9 Å². The summed E-state index contributed by atoms with van der Waals surface area (Å²) in [6.45, 7) is 0.267. The Bertz CT molecular complexity index is 416. The number of amides is 1. The molecule has 92 valence electrons. The molecule has 1 fully saturated rings. The fourth-order valence-electron chi connectivity index (χ4n) is 1.51. The van der Waals surface area contributed by atoms with E-state index in [1.807, 2.05) is 6.07 Å². The van der Waals surface area contributed by atoms with Crippen LogP contribution < -0.4 is 21.1 Å². The predicted molar refractivity (Wildman–Crippen MR) is 67.1 cm³/mol. The van der Waals surface area contributed by atoms with E-state index in [0.29, 0.717) is 17.5 Å². The second-order valence-electron chi connectivity index (χ2n) is 4.15. The first-order valence-corrected chi connectivity index (χ1v) is 5.66. The van der Waals surface area contributed by atoms with Crippen LogP contribution in [0.5, 0.6) is 5.75 Å². The molecule has 5 nitrogen and oxygen atoms in total. The maximum atomic E-state index is 11.5. The first-order valence-electron chi connectivity index (χ1n) is 5.66. The molecule has 0 heterocycles. The second-order valence-corrected chi connectivity index (χ2v) is 4.15. The third-order valence-electron chi connectivity index (χ3n) is 2.63. The number of carbonyl (C=O) groups is 1. The molecule has 1 aliphatic rings. The summed E-state index contributed by atoms with van der Waals surface area (Å²) in [6.07, 6.45) is 2.20. The fraction of sp³-hybridized carbons (Fsp3) is 0.417. The molecular weight excluding hydrogens is 218 g/mol. The van der Waals surface area contributed by atoms with Crippen LogP contribution in [0.3, 0.4) is 0 Å². The molecule has 1 aromatic rings. The van der Waals surface area contributed by atoms with Crippen LogP contribution in [0.25, 0.3) is 0 Å². The topological polar surface area (TPSA) is 76.4 Å². The highest BCUT2D eigenvalue weighted by molar-refractivity contribution is 5.81. The summed E-state index contributed by atoms with van der Waals surface area (Å²) in [5.74, 6) is 0.626. The fourth-order valence-corrected chi connectivity index (χ4v) is 1.51. The minimum Gasteiger partial charge on any atom is -0.495 e. The maximum Gasteiger partial charge on any atom is 0.239 e. The summed E-state index contributed by atoms with van der Waals surface area (Å²) in [4.78, 5) is 11.5. The molecule has 1 saturated carbocycles. The monoisotopic (exact) mass is 235 g/mol. The van der Waals surface area contributed by atoms with Crippen molar-refractivity contribution in [1.82, 2.24) is 5.32 Å².